The van der Waals surface area contributed by atoms with Gasteiger partial charge in [0, 0.05) is 19.4 Å². The van der Waals surface area contributed by atoms with Crippen molar-refractivity contribution in [1.29, 1.82) is 0 Å². The number of hydrogen-bond donors (Lipinski definition) is 2. The fourth-order valence-corrected chi connectivity index (χ4v) is 5.76. The molecule has 1 unspecified atom stereocenters. The number of aromatic nitrogens is 3. The van der Waals surface area contributed by atoms with E-state index in [0.29, 0.717) is 28.2 Å². The predicted molar refractivity (Wildman–Crippen MR) is 172 cm³/mol. The summed E-state index contributed by atoms with van der Waals surface area (Å²) in [5, 5.41) is 11.5. The molecule has 6 aromatic rings. The zero-order valence-corrected chi connectivity index (χ0v) is 24.9. The van der Waals surface area contributed by atoms with Crippen LogP contribution in [0.15, 0.2) is 128 Å². The number of methoxy groups -OCH3 is 2. The molecule has 45 heavy (non-hydrogen) atoms. The lowest BCUT2D eigenvalue weighted by molar-refractivity contribution is 0.168. The molecule has 0 fully saturated rings. The van der Waals surface area contributed by atoms with Crippen LogP contribution in [0, 0.1) is 5.82 Å². The molecule has 0 bridgehead atoms. The molecular formula is C36H32FN5O3. The summed E-state index contributed by atoms with van der Waals surface area (Å²) < 4.78 is 26.5. The summed E-state index contributed by atoms with van der Waals surface area (Å²) >= 11 is 0. The molecule has 2 N–H and O–H groups in total. The normalized spacial score (nSPS) is 12.1. The minimum Gasteiger partial charge on any atom is -0.479 e. The number of anilines is 1. The highest BCUT2D eigenvalue weighted by atomic mass is 19.1. The number of nitrogens with one attached hydrogen (secondary N) is 2. The van der Waals surface area contributed by atoms with Crippen LogP contribution in [0.5, 0.6) is 5.88 Å². The van der Waals surface area contributed by atoms with Gasteiger partial charge in [0.25, 0.3) is 0 Å². The van der Waals surface area contributed by atoms with Gasteiger partial charge in [-0.25, -0.2) is 18.9 Å². The van der Waals surface area contributed by atoms with Crippen LogP contribution in [0.2, 0.25) is 0 Å². The Bertz CT molecular complexity index is 1780. The second-order valence-corrected chi connectivity index (χ2v) is 10.5. The number of ether oxygens (including phenoxy) is 2. The number of amides is 2. The first kappa shape index (κ1) is 29.5. The highest BCUT2D eigenvalue weighted by Crippen LogP contribution is 2.43. The number of halogens is 1. The van der Waals surface area contributed by atoms with Gasteiger partial charge >= 0.3 is 6.03 Å². The standard InChI is InChI=1S/C36H32FN5O3/c1-44-24-31(25-18-20-29(37)21-19-25)39-35(43)40-33-22-32-30(23-38-33)34(45-2)41-42(32)36(26-12-6-3-7-13-26,27-14-8-4-9-15-27)28-16-10-5-11-17-28/h3-23,31H,24H2,1-2H3,(H2,38,39,40,43). The van der Waals surface area contributed by atoms with Crippen molar-refractivity contribution < 1.29 is 18.7 Å². The summed E-state index contributed by atoms with van der Waals surface area (Å²) in [5.41, 5.74) is 3.45. The van der Waals surface area contributed by atoms with Crippen molar-refractivity contribution in [2.75, 3.05) is 26.1 Å². The first-order valence-electron chi connectivity index (χ1n) is 14.5. The molecule has 0 aliphatic heterocycles. The molecule has 0 saturated heterocycles. The lowest BCUT2D eigenvalue weighted by Crippen LogP contribution is -2.38. The third-order valence-corrected chi connectivity index (χ3v) is 7.77. The molecule has 0 radical (unpaired) electrons. The van der Waals surface area contributed by atoms with Gasteiger partial charge in [-0.05, 0) is 34.4 Å². The number of rotatable bonds is 10. The van der Waals surface area contributed by atoms with E-state index in [1.165, 1.54) is 12.1 Å². The molecule has 6 rings (SSSR count). The molecule has 226 valence electrons. The molecule has 2 aromatic heterocycles. The summed E-state index contributed by atoms with van der Waals surface area (Å²) in [4.78, 5) is 17.8. The fourth-order valence-electron chi connectivity index (χ4n) is 5.76. The number of fused-ring (bicyclic) bond motifs is 1. The van der Waals surface area contributed by atoms with Crippen molar-refractivity contribution in [3.05, 3.63) is 156 Å². The Kier molecular flexibility index (Phi) is 8.52. The number of nitrogens with zero attached hydrogens (tertiary/aromatic N) is 3. The van der Waals surface area contributed by atoms with Gasteiger partial charge in [-0.3, -0.25) is 5.32 Å². The van der Waals surface area contributed by atoms with Crippen molar-refractivity contribution in [2.24, 2.45) is 0 Å². The van der Waals surface area contributed by atoms with Gasteiger partial charge in [-0.1, -0.05) is 103 Å². The minimum atomic E-state index is -0.911. The Morgan fingerprint density at radius 1 is 0.844 bits per heavy atom. The van der Waals surface area contributed by atoms with E-state index in [2.05, 4.69) is 52.0 Å². The SMILES string of the molecule is COCC(NC(=O)Nc1cc2c(cn1)c(OC)nn2C(c1ccccc1)(c1ccccc1)c1ccccc1)c1ccc(F)cc1. The van der Waals surface area contributed by atoms with E-state index in [1.54, 1.807) is 38.6 Å². The van der Waals surface area contributed by atoms with Crippen LogP contribution in [-0.2, 0) is 10.3 Å². The molecule has 1 atom stereocenters. The zero-order chi connectivity index (χ0) is 31.2. The second-order valence-electron chi connectivity index (χ2n) is 10.5. The van der Waals surface area contributed by atoms with Gasteiger partial charge in [0.15, 0.2) is 0 Å². The van der Waals surface area contributed by atoms with Crippen LogP contribution >= 0.6 is 0 Å². The van der Waals surface area contributed by atoms with Gasteiger partial charge in [0.2, 0.25) is 5.88 Å². The van der Waals surface area contributed by atoms with Crippen molar-refractivity contribution in [2.45, 2.75) is 11.6 Å². The van der Waals surface area contributed by atoms with Crippen LogP contribution < -0.4 is 15.4 Å². The largest absolute Gasteiger partial charge is 0.479 e. The van der Waals surface area contributed by atoms with Gasteiger partial charge in [0.05, 0.1) is 30.7 Å². The fraction of sp³-hybridized carbons (Fsp3) is 0.139. The number of carbonyl (C=O) groups is 1. The Labute approximate surface area is 260 Å². The molecule has 0 aliphatic rings. The lowest BCUT2D eigenvalue weighted by atomic mass is 9.77. The van der Waals surface area contributed by atoms with Crippen LogP contribution in [0.3, 0.4) is 0 Å². The Morgan fingerprint density at radius 2 is 1.40 bits per heavy atom. The van der Waals surface area contributed by atoms with Crippen molar-refractivity contribution in [1.82, 2.24) is 20.1 Å². The Hall–Kier alpha value is -5.54. The average molecular weight is 602 g/mol. The molecular weight excluding hydrogens is 569 g/mol. The van der Waals surface area contributed by atoms with Gasteiger partial charge < -0.3 is 14.8 Å². The predicted octanol–water partition coefficient (Wildman–Crippen LogP) is 6.93. The number of urea groups is 1. The number of carbonyl (C=O) groups excluding carboxylic acids is 1. The molecule has 0 spiro atoms. The third-order valence-electron chi connectivity index (χ3n) is 7.77. The summed E-state index contributed by atoms with van der Waals surface area (Å²) in [5.74, 6) is 0.348. The van der Waals surface area contributed by atoms with Gasteiger partial charge in [-0.15, -0.1) is 5.10 Å². The molecule has 0 aliphatic carbocycles. The smallest absolute Gasteiger partial charge is 0.320 e. The first-order valence-corrected chi connectivity index (χ1v) is 14.5. The average Bonchev–Trinajstić information content (AvgIpc) is 3.45. The quantitative estimate of drug-likeness (QED) is 0.166. The minimum absolute atomic E-state index is 0.198. The van der Waals surface area contributed by atoms with E-state index >= 15 is 0 Å². The first-order chi connectivity index (χ1) is 22.0. The topological polar surface area (TPSA) is 90.3 Å². The summed E-state index contributed by atoms with van der Waals surface area (Å²) in [7, 11) is 3.12. The van der Waals surface area contributed by atoms with Crippen LogP contribution in [0.1, 0.15) is 28.3 Å². The van der Waals surface area contributed by atoms with Gasteiger partial charge in [-0.2, -0.15) is 0 Å². The molecule has 9 heteroatoms. The summed E-state index contributed by atoms with van der Waals surface area (Å²) in [6.07, 6.45) is 1.64. The monoisotopic (exact) mass is 601 g/mol. The second kappa shape index (κ2) is 13.0. The van der Waals surface area contributed by atoms with E-state index in [1.807, 2.05) is 59.3 Å². The number of hydrogen-bond acceptors (Lipinski definition) is 5. The zero-order valence-electron chi connectivity index (χ0n) is 24.9. The van der Waals surface area contributed by atoms with Crippen LogP contribution in [0.4, 0.5) is 15.0 Å². The highest BCUT2D eigenvalue weighted by molar-refractivity contribution is 5.92. The molecule has 8 nitrogen and oxygen atoms in total. The molecule has 2 heterocycles. The summed E-state index contributed by atoms with van der Waals surface area (Å²) in [6.45, 7) is 0.198. The van der Waals surface area contributed by atoms with Crippen molar-refractivity contribution in [3.63, 3.8) is 0 Å². The lowest BCUT2D eigenvalue weighted by Gasteiger charge is -2.36. The van der Waals surface area contributed by atoms with E-state index in [4.69, 9.17) is 14.6 Å². The van der Waals surface area contributed by atoms with Crippen LogP contribution in [0.25, 0.3) is 10.9 Å². The molecule has 0 saturated carbocycles. The summed E-state index contributed by atoms with van der Waals surface area (Å²) in [6, 6.07) is 37.2. The Balaban J connectivity index is 1.48. The highest BCUT2D eigenvalue weighted by Gasteiger charge is 2.41. The maximum absolute atomic E-state index is 13.5. The van der Waals surface area contributed by atoms with E-state index in [9.17, 15) is 9.18 Å². The van der Waals surface area contributed by atoms with E-state index in [-0.39, 0.29) is 12.4 Å². The molecule has 4 aromatic carbocycles. The van der Waals surface area contributed by atoms with Crippen LogP contribution in [-0.4, -0.2) is 41.6 Å². The Morgan fingerprint density at radius 3 is 1.91 bits per heavy atom. The van der Waals surface area contributed by atoms with Crippen molar-refractivity contribution in [3.8, 4) is 5.88 Å². The van der Waals surface area contributed by atoms with E-state index in [0.717, 1.165) is 16.7 Å². The third kappa shape index (κ3) is 5.73. The maximum Gasteiger partial charge on any atom is 0.320 e. The van der Waals surface area contributed by atoms with E-state index < -0.39 is 17.6 Å². The maximum atomic E-state index is 13.5. The van der Waals surface area contributed by atoms with Crippen molar-refractivity contribution >= 4 is 22.8 Å². The number of benzene rings is 4. The van der Waals surface area contributed by atoms with Gasteiger partial charge in [0.1, 0.15) is 17.2 Å². The molecule has 2 amide bonds. The number of pyridine rings is 1.